The van der Waals surface area contributed by atoms with Gasteiger partial charge in [0.15, 0.2) is 5.82 Å². The first-order valence-corrected chi connectivity index (χ1v) is 10.6. The maximum absolute atomic E-state index is 12.2. The predicted molar refractivity (Wildman–Crippen MR) is 121 cm³/mol. The number of amides is 1. The lowest BCUT2D eigenvalue weighted by Gasteiger charge is -2.19. The second-order valence-electron chi connectivity index (χ2n) is 7.88. The van der Waals surface area contributed by atoms with Gasteiger partial charge >= 0.3 is 0 Å². The molecule has 3 rings (SSSR count). The number of aromatic nitrogens is 3. The molecule has 0 aliphatic heterocycles. The molecule has 158 valence electrons. The van der Waals surface area contributed by atoms with Gasteiger partial charge in [-0.05, 0) is 35.2 Å². The third-order valence-electron chi connectivity index (χ3n) is 4.61. The van der Waals surface area contributed by atoms with Crippen molar-refractivity contribution in [1.82, 2.24) is 14.9 Å². The number of nitrogens with two attached hydrogens (primary N) is 1. The van der Waals surface area contributed by atoms with Crippen molar-refractivity contribution in [1.29, 1.82) is 0 Å². The molecule has 3 aromatic rings. The van der Waals surface area contributed by atoms with E-state index in [4.69, 9.17) is 10.6 Å². The van der Waals surface area contributed by atoms with Crippen molar-refractivity contribution >= 4 is 23.4 Å². The molecule has 7 nitrogen and oxygen atoms in total. The van der Waals surface area contributed by atoms with Crippen molar-refractivity contribution in [3.63, 3.8) is 0 Å². The van der Waals surface area contributed by atoms with Crippen LogP contribution in [0.3, 0.4) is 0 Å². The number of nitrogens with one attached hydrogen (secondary N) is 1. The fourth-order valence-electron chi connectivity index (χ4n) is 2.82. The third kappa shape index (κ3) is 5.33. The summed E-state index contributed by atoms with van der Waals surface area (Å²) in [5.41, 5.74) is 2.96. The molecule has 1 heterocycles. The lowest BCUT2D eigenvalue weighted by Crippen LogP contribution is -2.14. The van der Waals surface area contributed by atoms with E-state index >= 15 is 0 Å². The Morgan fingerprint density at radius 2 is 1.77 bits per heavy atom. The van der Waals surface area contributed by atoms with Gasteiger partial charge in [0.05, 0.1) is 7.11 Å². The van der Waals surface area contributed by atoms with Crippen LogP contribution < -0.4 is 15.9 Å². The zero-order chi connectivity index (χ0) is 21.7. The summed E-state index contributed by atoms with van der Waals surface area (Å²) in [5.74, 6) is 8.00. The van der Waals surface area contributed by atoms with Crippen molar-refractivity contribution in [3.8, 4) is 17.1 Å². The van der Waals surface area contributed by atoms with Crippen LogP contribution in [-0.4, -0.2) is 33.6 Å². The number of rotatable bonds is 7. The molecule has 0 aliphatic rings. The zero-order valence-corrected chi connectivity index (χ0v) is 18.5. The summed E-state index contributed by atoms with van der Waals surface area (Å²) < 4.78 is 6.58. The van der Waals surface area contributed by atoms with Gasteiger partial charge in [-0.15, -0.1) is 10.2 Å². The van der Waals surface area contributed by atoms with E-state index in [1.54, 1.807) is 31.4 Å². The Hall–Kier alpha value is -3.00. The number of thioether (sulfide) groups is 1. The summed E-state index contributed by atoms with van der Waals surface area (Å²) in [6, 6.07) is 15.4. The highest BCUT2D eigenvalue weighted by atomic mass is 32.2. The number of carbonyl (C=O) groups excluding carboxylic acids is 1. The SMILES string of the molecule is COc1ccc(NC(=O)CCSc2nnc(-c3ccc(C(C)(C)C)cc3)n2N)cc1. The lowest BCUT2D eigenvalue weighted by atomic mass is 9.87. The third-order valence-corrected chi connectivity index (χ3v) is 5.55. The number of nitrogens with zero attached hydrogens (tertiary/aromatic N) is 3. The predicted octanol–water partition coefficient (Wildman–Crippen LogP) is 4.09. The number of methoxy groups -OCH3 is 1. The largest absolute Gasteiger partial charge is 0.497 e. The van der Waals surface area contributed by atoms with E-state index in [0.29, 0.717) is 23.2 Å². The molecule has 0 spiro atoms. The second kappa shape index (κ2) is 9.21. The van der Waals surface area contributed by atoms with E-state index in [1.165, 1.54) is 22.0 Å². The summed E-state index contributed by atoms with van der Waals surface area (Å²) in [6.07, 6.45) is 0.333. The molecule has 0 saturated carbocycles. The normalized spacial score (nSPS) is 11.3. The van der Waals surface area contributed by atoms with E-state index < -0.39 is 0 Å². The number of hydrogen-bond donors (Lipinski definition) is 2. The van der Waals surface area contributed by atoms with Crippen LogP contribution in [-0.2, 0) is 10.2 Å². The maximum Gasteiger partial charge on any atom is 0.225 e. The van der Waals surface area contributed by atoms with Gasteiger partial charge in [0.1, 0.15) is 5.75 Å². The molecule has 30 heavy (non-hydrogen) atoms. The number of anilines is 1. The first-order chi connectivity index (χ1) is 14.3. The minimum atomic E-state index is -0.0752. The smallest absolute Gasteiger partial charge is 0.225 e. The number of carbonyl (C=O) groups is 1. The minimum absolute atomic E-state index is 0.0752. The Labute approximate surface area is 181 Å². The number of nitrogen functional groups attached to an aromatic ring is 1. The average molecular weight is 426 g/mol. The number of ether oxygens (including phenoxy) is 1. The highest BCUT2D eigenvalue weighted by Gasteiger charge is 2.16. The van der Waals surface area contributed by atoms with Gasteiger partial charge < -0.3 is 15.9 Å². The van der Waals surface area contributed by atoms with Crippen molar-refractivity contribution in [2.24, 2.45) is 0 Å². The van der Waals surface area contributed by atoms with Crippen molar-refractivity contribution in [2.75, 3.05) is 24.0 Å². The van der Waals surface area contributed by atoms with Crippen molar-refractivity contribution < 1.29 is 9.53 Å². The van der Waals surface area contributed by atoms with Crippen LogP contribution in [0, 0.1) is 0 Å². The van der Waals surface area contributed by atoms with Crippen LogP contribution in [0.5, 0.6) is 5.75 Å². The molecule has 0 bridgehead atoms. The lowest BCUT2D eigenvalue weighted by molar-refractivity contribution is -0.115. The summed E-state index contributed by atoms with van der Waals surface area (Å²) in [5, 5.41) is 11.8. The molecule has 0 unspecified atom stereocenters. The molecular weight excluding hydrogens is 398 g/mol. The zero-order valence-electron chi connectivity index (χ0n) is 17.7. The van der Waals surface area contributed by atoms with Gasteiger partial charge in [0.2, 0.25) is 11.1 Å². The fraction of sp³-hybridized carbons (Fsp3) is 0.318. The second-order valence-corrected chi connectivity index (χ2v) is 8.94. The summed E-state index contributed by atoms with van der Waals surface area (Å²) in [4.78, 5) is 12.2. The summed E-state index contributed by atoms with van der Waals surface area (Å²) in [6.45, 7) is 6.52. The van der Waals surface area contributed by atoms with Crippen molar-refractivity contribution in [2.45, 2.75) is 37.8 Å². The van der Waals surface area contributed by atoms with Gasteiger partial charge in [0.25, 0.3) is 0 Å². The molecule has 0 radical (unpaired) electrons. The molecule has 1 aromatic heterocycles. The molecule has 3 N–H and O–H groups in total. The topological polar surface area (TPSA) is 95.1 Å². The van der Waals surface area contributed by atoms with Gasteiger partial charge in [-0.1, -0.05) is 56.8 Å². The monoisotopic (exact) mass is 425 g/mol. The summed E-state index contributed by atoms with van der Waals surface area (Å²) in [7, 11) is 1.60. The van der Waals surface area contributed by atoms with E-state index in [9.17, 15) is 4.79 Å². The van der Waals surface area contributed by atoms with E-state index in [0.717, 1.165) is 17.0 Å². The van der Waals surface area contributed by atoms with Gasteiger partial charge in [-0.3, -0.25) is 4.79 Å². The molecule has 0 saturated heterocycles. The van der Waals surface area contributed by atoms with Crippen molar-refractivity contribution in [3.05, 3.63) is 54.1 Å². The standard InChI is InChI=1S/C22H27N5O2S/c1-22(2,3)16-7-5-15(6-8-16)20-25-26-21(27(20)23)30-14-13-19(28)24-17-9-11-18(29-4)12-10-17/h5-12H,13-14,23H2,1-4H3,(H,24,28). The quantitative estimate of drug-likeness (QED) is 0.437. The Morgan fingerprint density at radius 3 is 2.37 bits per heavy atom. The molecular formula is C22H27N5O2S. The van der Waals surface area contributed by atoms with Gasteiger partial charge in [-0.25, -0.2) is 4.68 Å². The van der Waals surface area contributed by atoms with Crippen LogP contribution in [0.1, 0.15) is 32.8 Å². The van der Waals surface area contributed by atoms with Crippen LogP contribution in [0.4, 0.5) is 5.69 Å². The van der Waals surface area contributed by atoms with E-state index in [2.05, 4.69) is 48.4 Å². The Kier molecular flexibility index (Phi) is 6.66. The average Bonchev–Trinajstić information content (AvgIpc) is 3.08. The Bertz CT molecular complexity index is 992. The van der Waals surface area contributed by atoms with E-state index in [-0.39, 0.29) is 11.3 Å². The number of benzene rings is 2. The van der Waals surface area contributed by atoms with E-state index in [1.807, 2.05) is 12.1 Å². The molecule has 1 amide bonds. The molecule has 0 fully saturated rings. The highest BCUT2D eigenvalue weighted by molar-refractivity contribution is 7.99. The van der Waals surface area contributed by atoms with Crippen LogP contribution >= 0.6 is 11.8 Å². The first kappa shape index (κ1) is 21.7. The fourth-order valence-corrected chi connectivity index (χ4v) is 3.62. The Balaban J connectivity index is 1.55. The van der Waals surface area contributed by atoms with Crippen LogP contribution in [0.15, 0.2) is 53.7 Å². The Morgan fingerprint density at radius 1 is 1.10 bits per heavy atom. The van der Waals surface area contributed by atoms with Gasteiger partial charge in [0, 0.05) is 23.4 Å². The van der Waals surface area contributed by atoms with Crippen LogP contribution in [0.25, 0.3) is 11.4 Å². The van der Waals surface area contributed by atoms with Crippen LogP contribution in [0.2, 0.25) is 0 Å². The summed E-state index contributed by atoms with van der Waals surface area (Å²) >= 11 is 1.40. The molecule has 8 heteroatoms. The highest BCUT2D eigenvalue weighted by Crippen LogP contribution is 2.26. The minimum Gasteiger partial charge on any atom is -0.497 e. The number of hydrogen-bond acceptors (Lipinski definition) is 6. The molecule has 2 aromatic carbocycles. The maximum atomic E-state index is 12.2. The first-order valence-electron chi connectivity index (χ1n) is 9.66. The molecule has 0 atom stereocenters. The molecule has 0 aliphatic carbocycles. The van der Waals surface area contributed by atoms with Gasteiger partial charge in [-0.2, -0.15) is 0 Å².